The van der Waals surface area contributed by atoms with Gasteiger partial charge in [-0.15, -0.1) is 11.3 Å². The minimum absolute atomic E-state index is 0.329. The fourth-order valence-corrected chi connectivity index (χ4v) is 6.69. The number of piperidine rings is 1. The summed E-state index contributed by atoms with van der Waals surface area (Å²) in [5.74, 6) is 0. The van der Waals surface area contributed by atoms with Crippen molar-refractivity contribution < 1.29 is 8.42 Å². The molecule has 0 unspecified atom stereocenters. The molecule has 1 aromatic heterocycles. The molecule has 1 aliphatic heterocycles. The maximum atomic E-state index is 13.0. The monoisotopic (exact) mass is 504 g/mol. The van der Waals surface area contributed by atoms with Crippen molar-refractivity contribution in [3.63, 3.8) is 0 Å². The Balaban J connectivity index is 1.40. The van der Waals surface area contributed by atoms with Gasteiger partial charge in [0.05, 0.1) is 15.8 Å². The summed E-state index contributed by atoms with van der Waals surface area (Å²) < 4.78 is 26.8. The minimum atomic E-state index is -3.29. The highest BCUT2D eigenvalue weighted by atomic mass is 79.9. The Kier molecular flexibility index (Phi) is 6.32. The Morgan fingerprint density at radius 3 is 2.43 bits per heavy atom. The number of rotatable bonds is 5. The van der Waals surface area contributed by atoms with Crippen LogP contribution in [0.2, 0.25) is 0 Å². The second-order valence-electron chi connectivity index (χ2n) is 7.90. The topological polar surface area (TPSA) is 50.3 Å². The molecule has 0 N–H and O–H groups in total. The molecule has 0 saturated carbocycles. The third-order valence-corrected chi connectivity index (χ3v) is 9.55. The maximum absolute atomic E-state index is 13.0. The van der Waals surface area contributed by atoms with E-state index in [0.717, 1.165) is 34.8 Å². The lowest BCUT2D eigenvalue weighted by molar-refractivity contribution is 0.529. The standard InChI is InChI=1S/C23H25BrN2O2S2/c1-16-3-4-18(13-17(16)2)14-20-15-29-23(25-20)26-11-9-22(10-12-26)30(27,28)21-7-5-19(24)6-8-21/h3-8,13,15,22H,9-12,14H2,1-2H3. The average Bonchev–Trinajstić information content (AvgIpc) is 3.20. The third kappa shape index (κ3) is 4.63. The van der Waals surface area contributed by atoms with Crippen LogP contribution in [0, 0.1) is 13.8 Å². The van der Waals surface area contributed by atoms with Gasteiger partial charge >= 0.3 is 0 Å². The molecule has 0 amide bonds. The molecule has 2 aromatic carbocycles. The number of aromatic nitrogens is 1. The molecule has 1 aliphatic rings. The first-order valence-electron chi connectivity index (χ1n) is 10.1. The predicted octanol–water partition coefficient (Wildman–Crippen LogP) is 5.56. The van der Waals surface area contributed by atoms with Gasteiger partial charge in [0.15, 0.2) is 15.0 Å². The predicted molar refractivity (Wildman–Crippen MR) is 127 cm³/mol. The second-order valence-corrected chi connectivity index (χ2v) is 11.9. The normalized spacial score (nSPS) is 15.5. The lowest BCUT2D eigenvalue weighted by atomic mass is 10.0. The maximum Gasteiger partial charge on any atom is 0.185 e. The van der Waals surface area contributed by atoms with Crippen molar-refractivity contribution in [3.05, 3.63) is 74.7 Å². The summed E-state index contributed by atoms with van der Waals surface area (Å²) in [4.78, 5) is 7.46. The van der Waals surface area contributed by atoms with Crippen LogP contribution < -0.4 is 4.90 Å². The van der Waals surface area contributed by atoms with Crippen LogP contribution in [0.15, 0.2) is 57.2 Å². The largest absolute Gasteiger partial charge is 0.348 e. The molecule has 1 saturated heterocycles. The number of thiazole rings is 1. The van der Waals surface area contributed by atoms with Crippen molar-refractivity contribution in [1.82, 2.24) is 4.98 Å². The van der Waals surface area contributed by atoms with Crippen molar-refractivity contribution in [3.8, 4) is 0 Å². The zero-order chi connectivity index (χ0) is 21.3. The number of sulfone groups is 1. The number of hydrogen-bond donors (Lipinski definition) is 0. The fraction of sp³-hybridized carbons (Fsp3) is 0.348. The third-order valence-electron chi connectivity index (χ3n) is 5.79. The van der Waals surface area contributed by atoms with Crippen LogP contribution in [-0.4, -0.2) is 31.7 Å². The van der Waals surface area contributed by atoms with E-state index in [1.54, 1.807) is 35.6 Å². The number of benzene rings is 2. The second kappa shape index (κ2) is 8.81. The molecule has 4 rings (SSSR count). The lowest BCUT2D eigenvalue weighted by Gasteiger charge is -2.31. The Morgan fingerprint density at radius 2 is 1.77 bits per heavy atom. The molecule has 0 aliphatic carbocycles. The van der Waals surface area contributed by atoms with Gasteiger partial charge in [0.1, 0.15) is 0 Å². The smallest absolute Gasteiger partial charge is 0.185 e. The molecule has 1 fully saturated rings. The van der Waals surface area contributed by atoms with Gasteiger partial charge in [0.2, 0.25) is 0 Å². The average molecular weight is 506 g/mol. The van der Waals surface area contributed by atoms with Crippen molar-refractivity contribution in [2.75, 3.05) is 18.0 Å². The van der Waals surface area contributed by atoms with Crippen molar-refractivity contribution in [2.24, 2.45) is 0 Å². The van der Waals surface area contributed by atoms with E-state index in [-0.39, 0.29) is 5.25 Å². The lowest BCUT2D eigenvalue weighted by Crippen LogP contribution is -2.39. The molecule has 4 nitrogen and oxygen atoms in total. The molecule has 7 heteroatoms. The molecule has 0 spiro atoms. The molecule has 30 heavy (non-hydrogen) atoms. The number of aryl methyl sites for hydroxylation is 2. The first-order valence-corrected chi connectivity index (χ1v) is 13.3. The Bertz CT molecular complexity index is 1130. The van der Waals surface area contributed by atoms with E-state index in [4.69, 9.17) is 4.98 Å². The summed E-state index contributed by atoms with van der Waals surface area (Å²) >= 11 is 5.01. The molecule has 158 valence electrons. The summed E-state index contributed by atoms with van der Waals surface area (Å²) in [6, 6.07) is 13.5. The number of anilines is 1. The van der Waals surface area contributed by atoms with Gasteiger partial charge in [-0.05, 0) is 67.6 Å². The summed E-state index contributed by atoms with van der Waals surface area (Å²) in [5, 5.41) is 2.79. The first-order chi connectivity index (χ1) is 14.3. The summed E-state index contributed by atoms with van der Waals surface area (Å²) in [5.41, 5.74) is 4.95. The summed E-state index contributed by atoms with van der Waals surface area (Å²) in [7, 11) is -3.29. The highest BCUT2D eigenvalue weighted by Crippen LogP contribution is 2.30. The van der Waals surface area contributed by atoms with E-state index in [1.807, 2.05) is 0 Å². The fourth-order valence-electron chi connectivity index (χ4n) is 3.82. The van der Waals surface area contributed by atoms with Gasteiger partial charge in [-0.1, -0.05) is 34.1 Å². The van der Waals surface area contributed by atoms with Crippen molar-refractivity contribution >= 4 is 42.2 Å². The molecule has 0 bridgehead atoms. The van der Waals surface area contributed by atoms with Crippen LogP contribution in [-0.2, 0) is 16.3 Å². The van der Waals surface area contributed by atoms with Gasteiger partial charge < -0.3 is 4.90 Å². The quantitative estimate of drug-likeness (QED) is 0.456. The van der Waals surface area contributed by atoms with E-state index in [9.17, 15) is 8.42 Å². The molecule has 3 aromatic rings. The van der Waals surface area contributed by atoms with Crippen LogP contribution in [0.3, 0.4) is 0 Å². The van der Waals surface area contributed by atoms with Gasteiger partial charge in [0, 0.05) is 29.4 Å². The van der Waals surface area contributed by atoms with Crippen molar-refractivity contribution in [2.45, 2.75) is 43.3 Å². The van der Waals surface area contributed by atoms with E-state index in [0.29, 0.717) is 17.7 Å². The summed E-state index contributed by atoms with van der Waals surface area (Å²) in [6.07, 6.45) is 2.08. The van der Waals surface area contributed by atoms with Crippen LogP contribution in [0.5, 0.6) is 0 Å². The molecular formula is C23H25BrN2O2S2. The van der Waals surface area contributed by atoms with Crippen LogP contribution >= 0.6 is 27.3 Å². The molecule has 2 heterocycles. The minimum Gasteiger partial charge on any atom is -0.348 e. The Labute approximate surface area is 191 Å². The Morgan fingerprint density at radius 1 is 1.07 bits per heavy atom. The number of halogens is 1. The SMILES string of the molecule is Cc1ccc(Cc2csc(N3CCC(S(=O)(=O)c4ccc(Br)cc4)CC3)n2)cc1C. The van der Waals surface area contributed by atoms with E-state index in [1.165, 1.54) is 16.7 Å². The van der Waals surface area contributed by atoms with Gasteiger partial charge in [-0.2, -0.15) is 0 Å². The van der Waals surface area contributed by atoms with E-state index in [2.05, 4.69) is 58.3 Å². The highest BCUT2D eigenvalue weighted by molar-refractivity contribution is 9.10. The highest BCUT2D eigenvalue weighted by Gasteiger charge is 2.32. The van der Waals surface area contributed by atoms with Gasteiger partial charge in [0.25, 0.3) is 0 Å². The van der Waals surface area contributed by atoms with Crippen LogP contribution in [0.4, 0.5) is 5.13 Å². The number of hydrogen-bond acceptors (Lipinski definition) is 5. The van der Waals surface area contributed by atoms with Gasteiger partial charge in [-0.3, -0.25) is 0 Å². The molecule has 0 radical (unpaired) electrons. The Hall–Kier alpha value is -1.70. The van der Waals surface area contributed by atoms with Gasteiger partial charge in [-0.25, -0.2) is 13.4 Å². The van der Waals surface area contributed by atoms with E-state index < -0.39 is 9.84 Å². The van der Waals surface area contributed by atoms with Crippen LogP contribution in [0.1, 0.15) is 35.2 Å². The van der Waals surface area contributed by atoms with Crippen molar-refractivity contribution in [1.29, 1.82) is 0 Å². The zero-order valence-corrected chi connectivity index (χ0v) is 20.4. The molecular weight excluding hydrogens is 480 g/mol. The van der Waals surface area contributed by atoms with E-state index >= 15 is 0 Å². The summed E-state index contributed by atoms with van der Waals surface area (Å²) in [6.45, 7) is 5.70. The zero-order valence-electron chi connectivity index (χ0n) is 17.1. The number of nitrogens with zero attached hydrogens (tertiary/aromatic N) is 2. The first kappa shape index (κ1) is 21.5. The van der Waals surface area contributed by atoms with Crippen LogP contribution in [0.25, 0.3) is 0 Å². The molecule has 0 atom stereocenters.